The van der Waals surface area contributed by atoms with Crippen molar-refractivity contribution in [3.8, 4) is 0 Å². The van der Waals surface area contributed by atoms with Crippen molar-refractivity contribution in [2.24, 2.45) is 0 Å². The molecule has 5 nitrogen and oxygen atoms in total. The summed E-state index contributed by atoms with van der Waals surface area (Å²) in [6.07, 6.45) is -4.78. The molecule has 0 saturated carbocycles. The van der Waals surface area contributed by atoms with Gasteiger partial charge < -0.3 is 4.74 Å². The Kier molecular flexibility index (Phi) is 4.35. The number of nitro benzene ring substituents is 1. The first kappa shape index (κ1) is 15.2. The number of ether oxygens (including phenoxy) is 1. The molecule has 0 heterocycles. The lowest BCUT2D eigenvalue weighted by molar-refractivity contribution is -0.385. The third-order valence-electron chi connectivity index (χ3n) is 2.07. The van der Waals surface area contributed by atoms with Crippen molar-refractivity contribution in [2.75, 3.05) is 6.61 Å². The van der Waals surface area contributed by atoms with E-state index in [2.05, 4.69) is 4.74 Å². The van der Waals surface area contributed by atoms with Crippen molar-refractivity contribution in [3.05, 3.63) is 38.4 Å². The maximum absolute atomic E-state index is 12.5. The van der Waals surface area contributed by atoms with Crippen LogP contribution in [0, 0.1) is 10.1 Å². The fourth-order valence-electron chi connectivity index (χ4n) is 1.31. The normalized spacial score (nSPS) is 11.2. The summed E-state index contributed by atoms with van der Waals surface area (Å²) in [5.41, 5.74) is -2.99. The Hall–Kier alpha value is -1.83. The summed E-state index contributed by atoms with van der Waals surface area (Å²) < 4.78 is 42.1. The number of carbonyl (C=O) groups excluding carboxylic acids is 1. The molecule has 0 atom stereocenters. The Morgan fingerprint density at radius 1 is 1.47 bits per heavy atom. The first-order valence-corrected chi connectivity index (χ1v) is 5.28. The largest absolute Gasteiger partial charge is 0.462 e. The zero-order chi connectivity index (χ0) is 14.8. The molecule has 0 amide bonds. The molecule has 0 spiro atoms. The number of hydrogen-bond acceptors (Lipinski definition) is 4. The highest BCUT2D eigenvalue weighted by atomic mass is 35.5. The Bertz CT molecular complexity index is 530. The molecule has 0 aliphatic heterocycles. The molecule has 104 valence electrons. The van der Waals surface area contributed by atoms with E-state index in [0.717, 1.165) is 0 Å². The van der Waals surface area contributed by atoms with E-state index in [1.54, 1.807) is 0 Å². The average Bonchev–Trinajstić information content (AvgIpc) is 2.26. The molecule has 0 bridgehead atoms. The molecule has 19 heavy (non-hydrogen) atoms. The quantitative estimate of drug-likeness (QED) is 0.487. The van der Waals surface area contributed by atoms with Crippen molar-refractivity contribution < 1.29 is 27.6 Å². The number of benzene rings is 1. The van der Waals surface area contributed by atoms with Gasteiger partial charge in [-0.3, -0.25) is 10.1 Å². The first-order valence-electron chi connectivity index (χ1n) is 4.90. The lowest BCUT2D eigenvalue weighted by Crippen LogP contribution is -2.12. The zero-order valence-corrected chi connectivity index (χ0v) is 10.2. The van der Waals surface area contributed by atoms with Crippen LogP contribution in [0.5, 0.6) is 0 Å². The third kappa shape index (κ3) is 3.34. The molecule has 1 aromatic rings. The maximum atomic E-state index is 12.5. The Balaban J connectivity index is 3.50. The van der Waals surface area contributed by atoms with Gasteiger partial charge in [-0.25, -0.2) is 4.79 Å². The Morgan fingerprint density at radius 3 is 2.47 bits per heavy atom. The van der Waals surface area contributed by atoms with Gasteiger partial charge in [-0.05, 0) is 19.1 Å². The minimum Gasteiger partial charge on any atom is -0.462 e. The summed E-state index contributed by atoms with van der Waals surface area (Å²) in [4.78, 5) is 21.2. The van der Waals surface area contributed by atoms with E-state index in [0.29, 0.717) is 12.1 Å². The predicted molar refractivity (Wildman–Crippen MR) is 59.1 cm³/mol. The second-order valence-electron chi connectivity index (χ2n) is 3.33. The minimum absolute atomic E-state index is 0.135. The lowest BCUT2D eigenvalue weighted by atomic mass is 10.1. The van der Waals surface area contributed by atoms with Crippen LogP contribution in [-0.2, 0) is 10.9 Å². The number of nitrogens with zero attached hydrogens (tertiary/aromatic N) is 1. The van der Waals surface area contributed by atoms with Crippen LogP contribution in [0.15, 0.2) is 12.1 Å². The molecule has 1 rings (SSSR count). The molecule has 0 aliphatic rings. The number of rotatable bonds is 3. The van der Waals surface area contributed by atoms with Gasteiger partial charge in [-0.15, -0.1) is 0 Å². The highest BCUT2D eigenvalue weighted by Crippen LogP contribution is 2.37. The molecule has 0 unspecified atom stereocenters. The zero-order valence-electron chi connectivity index (χ0n) is 9.45. The van der Waals surface area contributed by atoms with Crippen LogP contribution in [0.4, 0.5) is 18.9 Å². The molecular formula is C10H7ClF3NO4. The van der Waals surface area contributed by atoms with Gasteiger partial charge in [-0.1, -0.05) is 11.6 Å². The molecule has 0 aliphatic carbocycles. The van der Waals surface area contributed by atoms with Crippen LogP contribution in [0.3, 0.4) is 0 Å². The van der Waals surface area contributed by atoms with Crippen LogP contribution in [0.1, 0.15) is 22.8 Å². The van der Waals surface area contributed by atoms with Crippen LogP contribution in [0.2, 0.25) is 5.02 Å². The predicted octanol–water partition coefficient (Wildman–Crippen LogP) is 3.44. The fourth-order valence-corrected chi connectivity index (χ4v) is 1.60. The van der Waals surface area contributed by atoms with Gasteiger partial charge in [0.05, 0.1) is 17.1 Å². The van der Waals surface area contributed by atoms with Gasteiger partial charge in [0.2, 0.25) is 0 Å². The summed E-state index contributed by atoms with van der Waals surface area (Å²) in [6.45, 7) is 1.28. The van der Waals surface area contributed by atoms with Gasteiger partial charge in [0.25, 0.3) is 0 Å². The van der Waals surface area contributed by atoms with Crippen LogP contribution < -0.4 is 0 Å². The van der Waals surface area contributed by atoms with Crippen molar-refractivity contribution in [1.82, 2.24) is 0 Å². The average molecular weight is 298 g/mol. The monoisotopic (exact) mass is 297 g/mol. The van der Waals surface area contributed by atoms with Crippen LogP contribution in [-0.4, -0.2) is 17.5 Å². The maximum Gasteiger partial charge on any atom is 0.416 e. The number of alkyl halides is 3. The van der Waals surface area contributed by atoms with E-state index >= 15 is 0 Å². The number of nitro groups is 1. The number of esters is 1. The first-order chi connectivity index (χ1) is 8.68. The summed E-state index contributed by atoms with van der Waals surface area (Å²) >= 11 is 5.43. The van der Waals surface area contributed by atoms with Crippen molar-refractivity contribution in [3.63, 3.8) is 0 Å². The van der Waals surface area contributed by atoms with E-state index in [4.69, 9.17) is 11.6 Å². The molecule has 0 N–H and O–H groups in total. The Morgan fingerprint density at radius 2 is 2.05 bits per heavy atom. The van der Waals surface area contributed by atoms with E-state index in [-0.39, 0.29) is 6.61 Å². The summed E-state index contributed by atoms with van der Waals surface area (Å²) in [7, 11) is 0. The fraction of sp³-hybridized carbons (Fsp3) is 0.300. The second kappa shape index (κ2) is 5.43. The molecule has 0 saturated heterocycles. The van der Waals surface area contributed by atoms with Crippen molar-refractivity contribution in [1.29, 1.82) is 0 Å². The number of hydrogen-bond donors (Lipinski definition) is 0. The molecular weight excluding hydrogens is 291 g/mol. The smallest absolute Gasteiger partial charge is 0.416 e. The van der Waals surface area contributed by atoms with Gasteiger partial charge in [0, 0.05) is 0 Å². The highest BCUT2D eigenvalue weighted by molar-refractivity contribution is 6.33. The topological polar surface area (TPSA) is 69.4 Å². The van der Waals surface area contributed by atoms with Crippen LogP contribution in [0.25, 0.3) is 0 Å². The molecule has 0 fully saturated rings. The standard InChI is InChI=1S/C10H7ClF3NO4/c1-2-19-9(16)6-3-5(10(12,13)14)4-7(11)8(6)15(17)18/h3-4H,2H2,1H3. The van der Waals surface area contributed by atoms with Crippen molar-refractivity contribution in [2.45, 2.75) is 13.1 Å². The van der Waals surface area contributed by atoms with Gasteiger partial charge in [0.1, 0.15) is 10.6 Å². The van der Waals surface area contributed by atoms with Gasteiger partial charge in [0.15, 0.2) is 0 Å². The summed E-state index contributed by atoms with van der Waals surface area (Å²) in [6, 6.07) is 0.740. The molecule has 1 aromatic carbocycles. The molecule has 0 aromatic heterocycles. The van der Waals surface area contributed by atoms with E-state index < -0.39 is 38.9 Å². The lowest BCUT2D eigenvalue weighted by Gasteiger charge is -2.10. The third-order valence-corrected chi connectivity index (χ3v) is 2.36. The van der Waals surface area contributed by atoms with Gasteiger partial charge >= 0.3 is 17.8 Å². The SMILES string of the molecule is CCOC(=O)c1cc(C(F)(F)F)cc(Cl)c1[N+](=O)[O-]. The van der Waals surface area contributed by atoms with E-state index in [9.17, 15) is 28.1 Å². The minimum atomic E-state index is -4.78. The molecule has 0 radical (unpaired) electrons. The van der Waals surface area contributed by atoms with Crippen molar-refractivity contribution >= 4 is 23.3 Å². The van der Waals surface area contributed by atoms with Gasteiger partial charge in [-0.2, -0.15) is 13.2 Å². The number of halogens is 4. The molecule has 9 heteroatoms. The summed E-state index contributed by atoms with van der Waals surface area (Å²) in [5, 5.41) is 9.97. The second-order valence-corrected chi connectivity index (χ2v) is 3.74. The Labute approximate surface area is 110 Å². The number of carbonyl (C=O) groups is 1. The van der Waals surface area contributed by atoms with E-state index in [1.807, 2.05) is 0 Å². The van der Waals surface area contributed by atoms with E-state index in [1.165, 1.54) is 6.92 Å². The van der Waals surface area contributed by atoms with Crippen LogP contribution >= 0.6 is 11.6 Å². The highest BCUT2D eigenvalue weighted by Gasteiger charge is 2.36. The summed E-state index contributed by atoms with van der Waals surface area (Å²) in [5.74, 6) is -1.23.